The predicted molar refractivity (Wildman–Crippen MR) is 81.5 cm³/mol. The van der Waals surface area contributed by atoms with Crippen LogP contribution in [0.15, 0.2) is 0 Å². The van der Waals surface area contributed by atoms with E-state index in [0.29, 0.717) is 12.6 Å². The fourth-order valence-corrected chi connectivity index (χ4v) is 3.88. The van der Waals surface area contributed by atoms with E-state index in [1.807, 2.05) is 6.92 Å². The standard InChI is InChI=1S/C17H28N2O2/c1-3-13-5-6-15(12-18)16(11-13)19-9-7-14(8-10-19)17(20)21-4-2/h13-16H,3-11H2,1-2H3. The number of nitrogens with zero attached hydrogens (tertiary/aromatic N) is 2. The van der Waals surface area contributed by atoms with Gasteiger partial charge in [0, 0.05) is 6.04 Å². The number of likely N-dealkylation sites (tertiary alicyclic amines) is 1. The molecule has 0 N–H and O–H groups in total. The minimum atomic E-state index is -0.0379. The Morgan fingerprint density at radius 2 is 1.95 bits per heavy atom. The topological polar surface area (TPSA) is 53.3 Å². The van der Waals surface area contributed by atoms with Gasteiger partial charge in [-0.05, 0) is 58.0 Å². The number of hydrogen-bond acceptors (Lipinski definition) is 4. The Balaban J connectivity index is 1.90. The van der Waals surface area contributed by atoms with E-state index >= 15 is 0 Å². The number of carbonyl (C=O) groups is 1. The molecule has 1 aliphatic heterocycles. The van der Waals surface area contributed by atoms with Crippen LogP contribution < -0.4 is 0 Å². The van der Waals surface area contributed by atoms with Crippen LogP contribution in [-0.2, 0) is 9.53 Å². The maximum Gasteiger partial charge on any atom is 0.309 e. The summed E-state index contributed by atoms with van der Waals surface area (Å²) in [5.41, 5.74) is 0. The van der Waals surface area contributed by atoms with Crippen molar-refractivity contribution < 1.29 is 9.53 Å². The summed E-state index contributed by atoms with van der Waals surface area (Å²) >= 11 is 0. The van der Waals surface area contributed by atoms with Gasteiger partial charge in [0.15, 0.2) is 0 Å². The second kappa shape index (κ2) is 7.79. The minimum absolute atomic E-state index is 0.0379. The van der Waals surface area contributed by atoms with E-state index in [4.69, 9.17) is 4.74 Å². The summed E-state index contributed by atoms with van der Waals surface area (Å²) in [6, 6.07) is 2.92. The second-order valence-corrected chi connectivity index (χ2v) is 6.45. The lowest BCUT2D eigenvalue weighted by Gasteiger charge is -2.43. The van der Waals surface area contributed by atoms with Gasteiger partial charge in [-0.1, -0.05) is 13.3 Å². The van der Waals surface area contributed by atoms with E-state index in [9.17, 15) is 10.1 Å². The van der Waals surface area contributed by atoms with Gasteiger partial charge >= 0.3 is 5.97 Å². The molecule has 1 saturated heterocycles. The molecule has 1 saturated carbocycles. The lowest BCUT2D eigenvalue weighted by Crippen LogP contribution is -2.48. The summed E-state index contributed by atoms with van der Waals surface area (Å²) in [6.07, 6.45) is 6.36. The average Bonchev–Trinajstić information content (AvgIpc) is 2.54. The zero-order chi connectivity index (χ0) is 15.2. The van der Waals surface area contributed by atoms with Gasteiger partial charge in [-0.15, -0.1) is 0 Å². The summed E-state index contributed by atoms with van der Waals surface area (Å²) in [5, 5.41) is 9.41. The number of piperidine rings is 1. The van der Waals surface area contributed by atoms with Crippen molar-refractivity contribution in [2.75, 3.05) is 19.7 Å². The molecule has 3 atom stereocenters. The van der Waals surface area contributed by atoms with E-state index in [1.54, 1.807) is 0 Å². The van der Waals surface area contributed by atoms with Gasteiger partial charge in [-0.25, -0.2) is 0 Å². The molecule has 1 aliphatic carbocycles. The number of ether oxygens (including phenoxy) is 1. The first-order valence-electron chi connectivity index (χ1n) is 8.49. The van der Waals surface area contributed by atoms with Gasteiger partial charge in [0.2, 0.25) is 0 Å². The third kappa shape index (κ3) is 3.97. The fourth-order valence-electron chi connectivity index (χ4n) is 3.88. The van der Waals surface area contributed by atoms with Crippen molar-refractivity contribution in [3.63, 3.8) is 0 Å². The molecule has 0 radical (unpaired) electrons. The van der Waals surface area contributed by atoms with E-state index in [1.165, 1.54) is 12.8 Å². The Kier molecular flexibility index (Phi) is 6.05. The van der Waals surface area contributed by atoms with E-state index in [2.05, 4.69) is 17.9 Å². The maximum atomic E-state index is 11.8. The van der Waals surface area contributed by atoms with Crippen molar-refractivity contribution in [2.24, 2.45) is 17.8 Å². The average molecular weight is 292 g/mol. The number of nitriles is 1. The molecule has 0 aromatic carbocycles. The largest absolute Gasteiger partial charge is 0.466 e. The number of hydrogen-bond donors (Lipinski definition) is 0. The zero-order valence-corrected chi connectivity index (χ0v) is 13.4. The lowest BCUT2D eigenvalue weighted by molar-refractivity contribution is -0.150. The third-order valence-corrected chi connectivity index (χ3v) is 5.29. The first kappa shape index (κ1) is 16.3. The van der Waals surface area contributed by atoms with E-state index < -0.39 is 0 Å². The highest BCUT2D eigenvalue weighted by Gasteiger charge is 2.36. The summed E-state index contributed by atoms with van der Waals surface area (Å²) in [4.78, 5) is 14.3. The molecular weight excluding hydrogens is 264 g/mol. The molecule has 0 aromatic rings. The van der Waals surface area contributed by atoms with Gasteiger partial charge in [0.1, 0.15) is 0 Å². The highest BCUT2D eigenvalue weighted by atomic mass is 16.5. The molecule has 118 valence electrons. The quantitative estimate of drug-likeness (QED) is 0.748. The van der Waals surface area contributed by atoms with Crippen LogP contribution >= 0.6 is 0 Å². The molecule has 1 heterocycles. The molecule has 2 fully saturated rings. The lowest BCUT2D eigenvalue weighted by atomic mass is 9.76. The van der Waals surface area contributed by atoms with Crippen molar-refractivity contribution in [2.45, 2.75) is 58.4 Å². The van der Waals surface area contributed by atoms with Crippen molar-refractivity contribution in [1.29, 1.82) is 5.26 Å². The predicted octanol–water partition coefficient (Wildman–Crippen LogP) is 2.98. The molecule has 0 amide bonds. The SMILES string of the molecule is CCOC(=O)C1CCN(C2CC(CC)CCC2C#N)CC1. The van der Waals surface area contributed by atoms with Crippen molar-refractivity contribution in [1.82, 2.24) is 4.90 Å². The highest BCUT2D eigenvalue weighted by Crippen LogP contribution is 2.35. The first-order chi connectivity index (χ1) is 10.2. The van der Waals surface area contributed by atoms with Crippen molar-refractivity contribution >= 4 is 5.97 Å². The van der Waals surface area contributed by atoms with Crippen LogP contribution in [0.25, 0.3) is 0 Å². The molecular formula is C17H28N2O2. The molecule has 4 nitrogen and oxygen atoms in total. The van der Waals surface area contributed by atoms with Crippen LogP contribution in [0.3, 0.4) is 0 Å². The molecule has 0 spiro atoms. The molecule has 2 rings (SSSR count). The van der Waals surface area contributed by atoms with Crippen LogP contribution in [0.2, 0.25) is 0 Å². The van der Waals surface area contributed by atoms with Crippen LogP contribution in [0.4, 0.5) is 0 Å². The third-order valence-electron chi connectivity index (χ3n) is 5.29. The summed E-state index contributed by atoms with van der Waals surface area (Å²) in [6.45, 7) is 6.45. The van der Waals surface area contributed by atoms with Crippen LogP contribution in [0.1, 0.15) is 52.4 Å². The second-order valence-electron chi connectivity index (χ2n) is 6.45. The van der Waals surface area contributed by atoms with E-state index in [0.717, 1.165) is 44.7 Å². The van der Waals surface area contributed by atoms with Gasteiger partial charge in [0.25, 0.3) is 0 Å². The van der Waals surface area contributed by atoms with Gasteiger partial charge in [-0.3, -0.25) is 9.69 Å². The number of carbonyl (C=O) groups excluding carboxylic acids is 1. The molecule has 0 bridgehead atoms. The number of rotatable bonds is 4. The molecule has 0 aromatic heterocycles. The zero-order valence-electron chi connectivity index (χ0n) is 13.4. The molecule has 2 aliphatic rings. The molecule has 4 heteroatoms. The Morgan fingerprint density at radius 3 is 2.52 bits per heavy atom. The number of esters is 1. The normalized spacial score (nSPS) is 31.6. The van der Waals surface area contributed by atoms with Gasteiger partial charge in [0.05, 0.1) is 24.5 Å². The first-order valence-corrected chi connectivity index (χ1v) is 8.49. The van der Waals surface area contributed by atoms with Crippen molar-refractivity contribution in [3.8, 4) is 6.07 Å². The minimum Gasteiger partial charge on any atom is -0.466 e. The van der Waals surface area contributed by atoms with Gasteiger partial charge < -0.3 is 4.74 Å². The monoisotopic (exact) mass is 292 g/mol. The Morgan fingerprint density at radius 1 is 1.24 bits per heavy atom. The highest BCUT2D eigenvalue weighted by molar-refractivity contribution is 5.72. The van der Waals surface area contributed by atoms with Crippen LogP contribution in [0.5, 0.6) is 0 Å². The smallest absolute Gasteiger partial charge is 0.309 e. The Labute approximate surface area is 128 Å². The molecule has 21 heavy (non-hydrogen) atoms. The Hall–Kier alpha value is -1.08. The summed E-state index contributed by atoms with van der Waals surface area (Å²) < 4.78 is 5.13. The Bertz CT molecular complexity index is 383. The van der Waals surface area contributed by atoms with Crippen LogP contribution in [0, 0.1) is 29.1 Å². The summed E-state index contributed by atoms with van der Waals surface area (Å²) in [7, 11) is 0. The summed E-state index contributed by atoms with van der Waals surface area (Å²) in [5.74, 6) is 0.964. The maximum absolute atomic E-state index is 11.8. The van der Waals surface area contributed by atoms with Crippen LogP contribution in [-0.4, -0.2) is 36.6 Å². The van der Waals surface area contributed by atoms with Crippen molar-refractivity contribution in [3.05, 3.63) is 0 Å². The van der Waals surface area contributed by atoms with Gasteiger partial charge in [-0.2, -0.15) is 5.26 Å². The van der Waals surface area contributed by atoms with E-state index in [-0.39, 0.29) is 17.8 Å². The molecule has 3 unspecified atom stereocenters. The fraction of sp³-hybridized carbons (Fsp3) is 0.882.